The lowest BCUT2D eigenvalue weighted by Gasteiger charge is -2.40. The first-order valence-corrected chi connectivity index (χ1v) is 7.85. The molecule has 0 spiro atoms. The molecular weight excluding hydrogens is 315 g/mol. The Labute approximate surface area is 138 Å². The van der Waals surface area contributed by atoms with Gasteiger partial charge in [-0.25, -0.2) is 15.0 Å². The topological polar surface area (TPSA) is 41.9 Å². The molecule has 1 aliphatic rings. The Morgan fingerprint density at radius 3 is 2.74 bits per heavy atom. The van der Waals surface area contributed by atoms with Gasteiger partial charge < -0.3 is 4.90 Å². The van der Waals surface area contributed by atoms with Crippen molar-refractivity contribution in [3.8, 4) is 11.1 Å². The van der Waals surface area contributed by atoms with Crippen LogP contribution < -0.4 is 4.90 Å². The van der Waals surface area contributed by atoms with E-state index in [9.17, 15) is 4.39 Å². The summed E-state index contributed by atoms with van der Waals surface area (Å²) in [5.74, 6) is 0.351. The maximum atomic E-state index is 14.1. The largest absolute Gasteiger partial charge is 0.353 e. The van der Waals surface area contributed by atoms with E-state index in [0.29, 0.717) is 22.3 Å². The fraction of sp³-hybridized carbons (Fsp3) is 0.235. The van der Waals surface area contributed by atoms with E-state index >= 15 is 0 Å². The zero-order chi connectivity index (χ0) is 16.0. The zero-order valence-corrected chi connectivity index (χ0v) is 13.3. The number of hydrogen-bond acceptors (Lipinski definition) is 4. The van der Waals surface area contributed by atoms with Crippen LogP contribution in [-0.4, -0.2) is 27.5 Å². The van der Waals surface area contributed by atoms with E-state index in [4.69, 9.17) is 11.6 Å². The van der Waals surface area contributed by atoms with Crippen LogP contribution in [0.1, 0.15) is 13.3 Å². The lowest BCUT2D eigenvalue weighted by molar-refractivity contribution is 0.478. The number of halogens is 2. The molecule has 0 saturated carbocycles. The Morgan fingerprint density at radius 2 is 2.04 bits per heavy atom. The van der Waals surface area contributed by atoms with Crippen LogP contribution in [0.2, 0.25) is 5.15 Å². The molecular formula is C17H14ClFN4. The highest BCUT2D eigenvalue weighted by Gasteiger charge is 2.27. The molecule has 3 aromatic rings. The Morgan fingerprint density at radius 1 is 1.17 bits per heavy atom. The number of aromatic nitrogens is 3. The van der Waals surface area contributed by atoms with Gasteiger partial charge in [0.1, 0.15) is 11.0 Å². The predicted molar refractivity (Wildman–Crippen MR) is 89.2 cm³/mol. The molecule has 1 aliphatic heterocycles. The van der Waals surface area contributed by atoms with Crippen molar-refractivity contribution in [3.05, 3.63) is 47.9 Å². The van der Waals surface area contributed by atoms with Crippen LogP contribution in [0, 0.1) is 5.95 Å². The first kappa shape index (κ1) is 14.3. The van der Waals surface area contributed by atoms with E-state index in [0.717, 1.165) is 29.6 Å². The SMILES string of the molecule is CC1CCN1c1ncc(-c2cccnc2F)c2cc(Cl)ncc12. The molecule has 3 aromatic heterocycles. The highest BCUT2D eigenvalue weighted by Crippen LogP contribution is 2.37. The molecule has 23 heavy (non-hydrogen) atoms. The van der Waals surface area contributed by atoms with Gasteiger partial charge in [0.15, 0.2) is 0 Å². The summed E-state index contributed by atoms with van der Waals surface area (Å²) in [6.45, 7) is 3.13. The Hall–Kier alpha value is -2.27. The van der Waals surface area contributed by atoms with Crippen LogP contribution >= 0.6 is 11.6 Å². The van der Waals surface area contributed by atoms with Crippen molar-refractivity contribution in [3.63, 3.8) is 0 Å². The van der Waals surface area contributed by atoms with Crippen LogP contribution in [0.4, 0.5) is 10.2 Å². The molecule has 0 amide bonds. The smallest absolute Gasteiger partial charge is 0.220 e. The normalized spacial score (nSPS) is 17.3. The molecule has 4 heterocycles. The Balaban J connectivity index is 1.98. The van der Waals surface area contributed by atoms with Gasteiger partial charge in [-0.2, -0.15) is 4.39 Å². The summed E-state index contributed by atoms with van der Waals surface area (Å²) in [6.07, 6.45) is 5.98. The summed E-state index contributed by atoms with van der Waals surface area (Å²) in [5.41, 5.74) is 1.09. The van der Waals surface area contributed by atoms with Crippen molar-refractivity contribution in [2.75, 3.05) is 11.4 Å². The van der Waals surface area contributed by atoms with Crippen LogP contribution in [0.5, 0.6) is 0 Å². The molecule has 0 aliphatic carbocycles. The minimum atomic E-state index is -0.520. The summed E-state index contributed by atoms with van der Waals surface area (Å²) < 4.78 is 14.1. The van der Waals surface area contributed by atoms with Gasteiger partial charge >= 0.3 is 0 Å². The second-order valence-electron chi connectivity index (χ2n) is 5.72. The maximum absolute atomic E-state index is 14.1. The number of nitrogens with zero attached hydrogens (tertiary/aromatic N) is 4. The average Bonchev–Trinajstić information content (AvgIpc) is 2.54. The molecule has 0 radical (unpaired) electrons. The molecule has 6 heteroatoms. The number of anilines is 1. The third-order valence-electron chi connectivity index (χ3n) is 4.36. The van der Waals surface area contributed by atoms with Crippen molar-refractivity contribution >= 4 is 28.2 Å². The monoisotopic (exact) mass is 328 g/mol. The van der Waals surface area contributed by atoms with Crippen LogP contribution in [0.3, 0.4) is 0 Å². The number of pyridine rings is 3. The predicted octanol–water partition coefficient (Wildman–Crippen LogP) is 4.08. The van der Waals surface area contributed by atoms with E-state index in [1.807, 2.05) is 0 Å². The van der Waals surface area contributed by atoms with E-state index in [1.54, 1.807) is 30.6 Å². The van der Waals surface area contributed by atoms with E-state index in [1.165, 1.54) is 6.20 Å². The third kappa shape index (κ3) is 2.32. The fourth-order valence-corrected chi connectivity index (χ4v) is 3.12. The van der Waals surface area contributed by atoms with E-state index < -0.39 is 5.95 Å². The fourth-order valence-electron chi connectivity index (χ4n) is 2.96. The summed E-state index contributed by atoms with van der Waals surface area (Å²) >= 11 is 6.07. The molecule has 4 rings (SSSR count). The lowest BCUT2D eigenvalue weighted by Crippen LogP contribution is -2.46. The standard InChI is InChI=1S/C17H14ClFN4/c1-10-4-6-23(10)17-14-9-21-15(18)7-12(14)13(8-22-17)11-3-2-5-20-16(11)19/h2-3,5,7-10H,4,6H2,1H3. The number of hydrogen-bond donors (Lipinski definition) is 0. The van der Waals surface area contributed by atoms with Gasteiger partial charge in [-0.1, -0.05) is 11.6 Å². The first-order valence-electron chi connectivity index (χ1n) is 7.47. The van der Waals surface area contributed by atoms with Crippen LogP contribution in [0.25, 0.3) is 21.9 Å². The van der Waals surface area contributed by atoms with Crippen molar-refractivity contribution < 1.29 is 4.39 Å². The minimum Gasteiger partial charge on any atom is -0.353 e. The van der Waals surface area contributed by atoms with E-state index in [2.05, 4.69) is 26.8 Å². The second kappa shape index (κ2) is 5.42. The van der Waals surface area contributed by atoms with Crippen molar-refractivity contribution in [2.45, 2.75) is 19.4 Å². The average molecular weight is 329 g/mol. The van der Waals surface area contributed by atoms with Gasteiger partial charge in [0.25, 0.3) is 0 Å². The van der Waals surface area contributed by atoms with Crippen molar-refractivity contribution in [1.29, 1.82) is 0 Å². The highest BCUT2D eigenvalue weighted by molar-refractivity contribution is 6.30. The van der Waals surface area contributed by atoms with E-state index in [-0.39, 0.29) is 0 Å². The maximum Gasteiger partial charge on any atom is 0.220 e. The zero-order valence-electron chi connectivity index (χ0n) is 12.5. The molecule has 1 atom stereocenters. The Bertz CT molecular complexity index is 899. The quantitative estimate of drug-likeness (QED) is 0.665. The number of rotatable bonds is 2. The first-order chi connectivity index (χ1) is 11.1. The molecule has 0 bridgehead atoms. The number of fused-ring (bicyclic) bond motifs is 1. The minimum absolute atomic E-state index is 0.372. The molecule has 1 fully saturated rings. The van der Waals surface area contributed by atoms with Gasteiger partial charge in [-0.3, -0.25) is 0 Å². The molecule has 116 valence electrons. The summed E-state index contributed by atoms with van der Waals surface area (Å²) in [7, 11) is 0. The molecule has 4 nitrogen and oxygen atoms in total. The van der Waals surface area contributed by atoms with Crippen LogP contribution in [0.15, 0.2) is 36.8 Å². The summed E-state index contributed by atoms with van der Waals surface area (Å²) in [6, 6.07) is 5.61. The molecule has 0 aromatic carbocycles. The molecule has 1 saturated heterocycles. The van der Waals surface area contributed by atoms with Gasteiger partial charge in [0.05, 0.1) is 0 Å². The molecule has 0 N–H and O–H groups in total. The highest BCUT2D eigenvalue weighted by atomic mass is 35.5. The molecule has 1 unspecified atom stereocenters. The Kier molecular flexibility index (Phi) is 3.38. The van der Waals surface area contributed by atoms with Crippen LogP contribution in [-0.2, 0) is 0 Å². The van der Waals surface area contributed by atoms with Crippen molar-refractivity contribution in [2.24, 2.45) is 0 Å². The van der Waals surface area contributed by atoms with Gasteiger partial charge in [0, 0.05) is 47.7 Å². The lowest BCUT2D eigenvalue weighted by atomic mass is 10.00. The summed E-state index contributed by atoms with van der Waals surface area (Å²) in [4.78, 5) is 14.7. The van der Waals surface area contributed by atoms with Crippen molar-refractivity contribution in [1.82, 2.24) is 15.0 Å². The van der Waals surface area contributed by atoms with Gasteiger partial charge in [0.2, 0.25) is 5.95 Å². The van der Waals surface area contributed by atoms with Gasteiger partial charge in [-0.15, -0.1) is 0 Å². The second-order valence-corrected chi connectivity index (χ2v) is 6.11. The van der Waals surface area contributed by atoms with Gasteiger partial charge in [-0.05, 0) is 36.9 Å². The third-order valence-corrected chi connectivity index (χ3v) is 4.57. The summed E-state index contributed by atoms with van der Waals surface area (Å²) in [5, 5.41) is 2.08.